The zero-order valence-electron chi connectivity index (χ0n) is 11.0. The number of ether oxygens (including phenoxy) is 1. The maximum absolute atomic E-state index is 12.5. The summed E-state index contributed by atoms with van der Waals surface area (Å²) in [5.41, 5.74) is 0.557. The van der Waals surface area contributed by atoms with Crippen LogP contribution in [-0.4, -0.2) is 24.0 Å². The highest BCUT2D eigenvalue weighted by Crippen LogP contribution is 2.33. The van der Waals surface area contributed by atoms with Gasteiger partial charge in [0.15, 0.2) is 5.78 Å². The first-order chi connectivity index (χ1) is 9.13. The van der Waals surface area contributed by atoms with Crippen molar-refractivity contribution in [2.75, 3.05) is 7.11 Å². The van der Waals surface area contributed by atoms with E-state index in [1.807, 2.05) is 6.07 Å². The van der Waals surface area contributed by atoms with Crippen LogP contribution in [0.25, 0.3) is 0 Å². The van der Waals surface area contributed by atoms with E-state index in [1.165, 1.54) is 7.11 Å². The third-order valence-electron chi connectivity index (χ3n) is 3.77. The van der Waals surface area contributed by atoms with Gasteiger partial charge in [0, 0.05) is 5.92 Å². The topological polar surface area (TPSA) is 63.6 Å². The largest absolute Gasteiger partial charge is 0.496 e. The van der Waals surface area contributed by atoms with Crippen molar-refractivity contribution in [2.45, 2.75) is 25.7 Å². The third kappa shape index (κ3) is 2.95. The van der Waals surface area contributed by atoms with Gasteiger partial charge < -0.3 is 9.84 Å². The lowest BCUT2D eigenvalue weighted by atomic mass is 9.78. The lowest BCUT2D eigenvalue weighted by Crippen LogP contribution is -2.27. The van der Waals surface area contributed by atoms with Crippen LogP contribution in [0.3, 0.4) is 0 Å². The molecule has 1 saturated carbocycles. The molecular formula is C15H18O4. The summed E-state index contributed by atoms with van der Waals surface area (Å²) in [7, 11) is 1.53. The molecule has 1 aromatic rings. The molecule has 0 radical (unpaired) electrons. The van der Waals surface area contributed by atoms with Crippen molar-refractivity contribution < 1.29 is 19.4 Å². The second-order valence-electron chi connectivity index (χ2n) is 4.96. The zero-order chi connectivity index (χ0) is 13.8. The Bertz CT molecular complexity index is 481. The normalized spacial score (nSPS) is 22.8. The van der Waals surface area contributed by atoms with Crippen LogP contribution in [-0.2, 0) is 4.79 Å². The van der Waals surface area contributed by atoms with Gasteiger partial charge in [-0.1, -0.05) is 18.6 Å². The van der Waals surface area contributed by atoms with E-state index in [1.54, 1.807) is 18.2 Å². The number of rotatable bonds is 4. The molecule has 0 spiro atoms. The Balaban J connectivity index is 2.17. The molecule has 1 aromatic carbocycles. The first kappa shape index (κ1) is 13.6. The summed E-state index contributed by atoms with van der Waals surface area (Å²) < 4.78 is 5.19. The van der Waals surface area contributed by atoms with Gasteiger partial charge in [0.1, 0.15) is 5.75 Å². The van der Waals surface area contributed by atoms with Gasteiger partial charge in [0.05, 0.1) is 18.6 Å². The molecule has 0 aromatic heterocycles. The van der Waals surface area contributed by atoms with Gasteiger partial charge in [-0.15, -0.1) is 0 Å². The monoisotopic (exact) mass is 262 g/mol. The molecule has 0 aliphatic heterocycles. The summed E-state index contributed by atoms with van der Waals surface area (Å²) >= 11 is 0. The van der Waals surface area contributed by atoms with E-state index >= 15 is 0 Å². The maximum atomic E-state index is 12.5. The Kier molecular flexibility index (Phi) is 4.20. The van der Waals surface area contributed by atoms with Crippen molar-refractivity contribution in [2.24, 2.45) is 11.8 Å². The lowest BCUT2D eigenvalue weighted by Gasteiger charge is -2.25. The second kappa shape index (κ2) is 5.87. The molecule has 2 atom stereocenters. The fourth-order valence-corrected chi connectivity index (χ4v) is 2.72. The molecular weight excluding hydrogens is 244 g/mol. The molecule has 19 heavy (non-hydrogen) atoms. The molecule has 0 saturated heterocycles. The number of methoxy groups -OCH3 is 1. The minimum atomic E-state index is -0.794. The summed E-state index contributed by atoms with van der Waals surface area (Å²) in [4.78, 5) is 23.5. The summed E-state index contributed by atoms with van der Waals surface area (Å²) in [6.45, 7) is 0. The van der Waals surface area contributed by atoms with Crippen LogP contribution in [0.2, 0.25) is 0 Å². The van der Waals surface area contributed by atoms with Crippen molar-refractivity contribution in [1.82, 2.24) is 0 Å². The van der Waals surface area contributed by atoms with E-state index in [-0.39, 0.29) is 11.7 Å². The fraction of sp³-hybridized carbons (Fsp3) is 0.467. The highest BCUT2D eigenvalue weighted by molar-refractivity contribution is 6.00. The van der Waals surface area contributed by atoms with Crippen LogP contribution in [0.5, 0.6) is 5.75 Å². The average Bonchev–Trinajstić information content (AvgIpc) is 2.46. The maximum Gasteiger partial charge on any atom is 0.306 e. The number of para-hydroxylation sites is 1. The third-order valence-corrected chi connectivity index (χ3v) is 3.77. The van der Waals surface area contributed by atoms with Crippen LogP contribution in [0.1, 0.15) is 36.0 Å². The smallest absolute Gasteiger partial charge is 0.306 e. The lowest BCUT2D eigenvalue weighted by molar-refractivity contribution is -0.143. The molecule has 2 unspecified atom stereocenters. The number of ketones is 1. The Labute approximate surface area is 112 Å². The highest BCUT2D eigenvalue weighted by Gasteiger charge is 2.32. The van der Waals surface area contributed by atoms with E-state index in [0.717, 1.165) is 12.8 Å². The van der Waals surface area contributed by atoms with Crippen molar-refractivity contribution in [3.05, 3.63) is 29.8 Å². The van der Waals surface area contributed by atoms with Crippen molar-refractivity contribution in [1.29, 1.82) is 0 Å². The molecule has 4 heteroatoms. The number of carbonyl (C=O) groups is 2. The molecule has 0 bridgehead atoms. The number of carboxylic acids is 1. The zero-order valence-corrected chi connectivity index (χ0v) is 11.0. The minimum Gasteiger partial charge on any atom is -0.496 e. The van der Waals surface area contributed by atoms with Gasteiger partial charge >= 0.3 is 5.97 Å². The molecule has 1 fully saturated rings. The van der Waals surface area contributed by atoms with Gasteiger partial charge in [-0.25, -0.2) is 0 Å². The Morgan fingerprint density at radius 3 is 2.58 bits per heavy atom. The summed E-state index contributed by atoms with van der Waals surface area (Å²) in [6, 6.07) is 7.11. The molecule has 2 rings (SSSR count). The van der Waals surface area contributed by atoms with E-state index in [2.05, 4.69) is 0 Å². The van der Waals surface area contributed by atoms with Crippen molar-refractivity contribution in [3.63, 3.8) is 0 Å². The second-order valence-corrected chi connectivity index (χ2v) is 4.96. The van der Waals surface area contributed by atoms with Crippen LogP contribution in [0.15, 0.2) is 24.3 Å². The molecule has 0 heterocycles. The van der Waals surface area contributed by atoms with E-state index in [4.69, 9.17) is 9.84 Å². The van der Waals surface area contributed by atoms with E-state index in [0.29, 0.717) is 24.2 Å². The summed E-state index contributed by atoms with van der Waals surface area (Å²) in [5.74, 6) is -0.825. The molecule has 1 aliphatic carbocycles. The van der Waals surface area contributed by atoms with Gasteiger partial charge in [0.2, 0.25) is 0 Å². The Morgan fingerprint density at radius 1 is 1.21 bits per heavy atom. The molecule has 1 aliphatic rings. The molecule has 0 amide bonds. The van der Waals surface area contributed by atoms with Crippen LogP contribution in [0.4, 0.5) is 0 Å². The number of Topliss-reactive ketones (excluding diaryl/α,β-unsaturated/α-hetero) is 1. The average molecular weight is 262 g/mol. The number of carboxylic acid groups (broad SMARTS) is 1. The number of aliphatic carboxylic acids is 1. The summed E-state index contributed by atoms with van der Waals surface area (Å²) in [5, 5.41) is 9.07. The fourth-order valence-electron chi connectivity index (χ4n) is 2.72. The van der Waals surface area contributed by atoms with Gasteiger partial charge in [-0.2, -0.15) is 0 Å². The Morgan fingerprint density at radius 2 is 1.89 bits per heavy atom. The molecule has 1 N–H and O–H groups in total. The molecule has 4 nitrogen and oxygen atoms in total. The number of hydrogen-bond acceptors (Lipinski definition) is 3. The van der Waals surface area contributed by atoms with Crippen LogP contribution >= 0.6 is 0 Å². The first-order valence-corrected chi connectivity index (χ1v) is 6.53. The SMILES string of the molecule is COc1ccccc1C(=O)C1CCCC(C(=O)O)C1. The number of hydrogen-bond donors (Lipinski definition) is 1. The molecule has 102 valence electrons. The van der Waals surface area contributed by atoms with Crippen molar-refractivity contribution >= 4 is 11.8 Å². The number of carbonyl (C=O) groups excluding carboxylic acids is 1. The predicted molar refractivity (Wildman–Crippen MR) is 70.4 cm³/mol. The standard InChI is InChI=1S/C15H18O4/c1-19-13-8-3-2-7-12(13)14(16)10-5-4-6-11(9-10)15(17)18/h2-3,7-8,10-11H,4-6,9H2,1H3,(H,17,18). The summed E-state index contributed by atoms with van der Waals surface area (Å²) in [6.07, 6.45) is 2.67. The predicted octanol–water partition coefficient (Wildman–Crippen LogP) is 2.77. The van der Waals surface area contributed by atoms with Crippen LogP contribution in [0, 0.1) is 11.8 Å². The van der Waals surface area contributed by atoms with Gasteiger partial charge in [0.25, 0.3) is 0 Å². The first-order valence-electron chi connectivity index (χ1n) is 6.53. The van der Waals surface area contributed by atoms with E-state index < -0.39 is 11.9 Å². The van der Waals surface area contributed by atoms with E-state index in [9.17, 15) is 9.59 Å². The van der Waals surface area contributed by atoms with Crippen LogP contribution < -0.4 is 4.74 Å². The quantitative estimate of drug-likeness (QED) is 0.847. The van der Waals surface area contributed by atoms with Gasteiger partial charge in [-0.3, -0.25) is 9.59 Å². The Hall–Kier alpha value is -1.84. The number of benzene rings is 1. The van der Waals surface area contributed by atoms with Crippen molar-refractivity contribution in [3.8, 4) is 5.75 Å². The minimum absolute atomic E-state index is 0.00315. The highest BCUT2D eigenvalue weighted by atomic mass is 16.5. The van der Waals surface area contributed by atoms with Gasteiger partial charge in [-0.05, 0) is 31.4 Å².